The summed E-state index contributed by atoms with van der Waals surface area (Å²) >= 11 is 0. The monoisotopic (exact) mass is 634 g/mol. The van der Waals surface area contributed by atoms with Gasteiger partial charge in [-0.15, -0.1) is 0 Å². The quantitative estimate of drug-likeness (QED) is 0.119. The molecule has 0 saturated carbocycles. The lowest BCUT2D eigenvalue weighted by atomic mass is 10.0. The highest BCUT2D eigenvalue weighted by atomic mass is 35.5. The molecular formula is C34H68Cl2N4O2. The fourth-order valence-electron chi connectivity index (χ4n) is 6.98. The van der Waals surface area contributed by atoms with Crippen molar-refractivity contribution < 1.29 is 43.4 Å². The molecule has 0 spiro atoms. The number of amides is 2. The van der Waals surface area contributed by atoms with Gasteiger partial charge in [0.2, 0.25) is 11.8 Å². The summed E-state index contributed by atoms with van der Waals surface area (Å²) in [6, 6.07) is 0.428. The number of rotatable bonds is 24. The Bertz CT molecular complexity index is 724. The number of quaternary nitrogens is 2. The van der Waals surface area contributed by atoms with E-state index in [0.717, 1.165) is 61.3 Å². The maximum absolute atomic E-state index is 12.5. The van der Waals surface area contributed by atoms with E-state index in [1.807, 2.05) is 0 Å². The zero-order valence-corrected chi connectivity index (χ0v) is 29.8. The molecule has 2 aliphatic rings. The van der Waals surface area contributed by atoms with Crippen molar-refractivity contribution in [3.05, 3.63) is 0 Å². The molecule has 2 fully saturated rings. The molecule has 0 bridgehead atoms. The van der Waals surface area contributed by atoms with Crippen molar-refractivity contribution in [1.82, 2.24) is 9.80 Å². The molecular weight excluding hydrogens is 567 g/mol. The maximum Gasteiger partial charge on any atom is 0.226 e. The van der Waals surface area contributed by atoms with Crippen molar-refractivity contribution in [1.29, 1.82) is 0 Å². The van der Waals surface area contributed by atoms with E-state index in [4.69, 9.17) is 0 Å². The van der Waals surface area contributed by atoms with E-state index < -0.39 is 0 Å². The van der Waals surface area contributed by atoms with E-state index in [1.165, 1.54) is 103 Å². The predicted octanol–water partition coefficient (Wildman–Crippen LogP) is 1.33. The van der Waals surface area contributed by atoms with Crippen LogP contribution in [0.1, 0.15) is 142 Å². The third-order valence-corrected chi connectivity index (χ3v) is 9.74. The van der Waals surface area contributed by atoms with Gasteiger partial charge in [0.1, 0.15) is 12.6 Å². The molecule has 0 N–H and O–H groups in total. The lowest BCUT2D eigenvalue weighted by Gasteiger charge is -2.45. The molecule has 8 heteroatoms. The Morgan fingerprint density at radius 2 is 1.00 bits per heavy atom. The average molecular weight is 636 g/mol. The van der Waals surface area contributed by atoms with Crippen LogP contribution in [0.5, 0.6) is 0 Å². The van der Waals surface area contributed by atoms with Gasteiger partial charge in [-0.05, 0) is 32.6 Å². The van der Waals surface area contributed by atoms with Gasteiger partial charge < -0.3 is 33.8 Å². The average Bonchev–Trinajstić information content (AvgIpc) is 3.49. The van der Waals surface area contributed by atoms with Crippen molar-refractivity contribution in [3.8, 4) is 0 Å². The first-order valence-corrected chi connectivity index (χ1v) is 17.4. The van der Waals surface area contributed by atoms with Crippen LogP contribution in [0, 0.1) is 0 Å². The number of hydrogen-bond acceptors (Lipinski definition) is 2. The molecule has 250 valence electrons. The van der Waals surface area contributed by atoms with Gasteiger partial charge in [0.25, 0.3) is 0 Å². The molecule has 2 rings (SSSR count). The number of hydrogen-bond donors (Lipinski definition) is 0. The maximum atomic E-state index is 12.5. The molecule has 2 amide bonds. The van der Waals surface area contributed by atoms with E-state index in [-0.39, 0.29) is 24.8 Å². The number of nitrogens with zero attached hydrogens (tertiary/aromatic N) is 4. The number of unbranched alkanes of at least 4 members (excludes halogenated alkanes) is 15. The molecule has 2 saturated heterocycles. The number of likely N-dealkylation sites (N-methyl/N-ethyl adjacent to an activating group) is 2. The predicted molar refractivity (Wildman–Crippen MR) is 169 cm³/mol. The van der Waals surface area contributed by atoms with E-state index in [0.29, 0.717) is 30.7 Å². The lowest BCUT2D eigenvalue weighted by molar-refractivity contribution is -0.981. The summed E-state index contributed by atoms with van der Waals surface area (Å²) in [4.78, 5) is 28.9. The van der Waals surface area contributed by atoms with Gasteiger partial charge in [-0.25, -0.2) is 0 Å². The first kappa shape index (κ1) is 41.4. The molecule has 0 aromatic heterocycles. The van der Waals surface area contributed by atoms with E-state index >= 15 is 0 Å². The first-order valence-electron chi connectivity index (χ1n) is 17.4. The van der Waals surface area contributed by atoms with Gasteiger partial charge >= 0.3 is 0 Å². The van der Waals surface area contributed by atoms with Crippen molar-refractivity contribution in [2.75, 3.05) is 60.7 Å². The van der Waals surface area contributed by atoms with Crippen LogP contribution in [0.2, 0.25) is 0 Å². The molecule has 0 aromatic rings. The second-order valence-electron chi connectivity index (χ2n) is 14.3. The standard InChI is InChI=1S/C34H68N4O2.2ClH/c1-6-7-8-9-10-11-12-13-14-15-16-17-18-19-20-21-28-38(5,31-36-27-23-25-34(36)40)32(2)29-37(3,4)30-35-26-22-24-33(35)39;;/h32H,6-31H2,1-5H3;2*1H/q+2;;/p-2. The fourth-order valence-corrected chi connectivity index (χ4v) is 6.98. The van der Waals surface area contributed by atoms with Crippen LogP contribution in [0.3, 0.4) is 0 Å². The zero-order chi connectivity index (χ0) is 29.3. The van der Waals surface area contributed by atoms with Crippen LogP contribution in [-0.2, 0) is 9.59 Å². The van der Waals surface area contributed by atoms with Crippen molar-refractivity contribution in [2.24, 2.45) is 0 Å². The molecule has 2 unspecified atom stereocenters. The Labute approximate surface area is 273 Å². The molecule has 2 atom stereocenters. The third-order valence-electron chi connectivity index (χ3n) is 9.74. The van der Waals surface area contributed by atoms with Crippen molar-refractivity contribution >= 4 is 11.8 Å². The number of likely N-dealkylation sites (tertiary alicyclic amines) is 2. The smallest absolute Gasteiger partial charge is 0.226 e. The highest BCUT2D eigenvalue weighted by molar-refractivity contribution is 5.78. The molecule has 42 heavy (non-hydrogen) atoms. The second kappa shape index (κ2) is 22.9. The minimum absolute atomic E-state index is 0. The minimum Gasteiger partial charge on any atom is -1.00 e. The summed E-state index contributed by atoms with van der Waals surface area (Å²) in [5.74, 6) is 0.645. The summed E-state index contributed by atoms with van der Waals surface area (Å²) in [5.41, 5.74) is 0. The number of halogens is 2. The van der Waals surface area contributed by atoms with Crippen molar-refractivity contribution in [3.63, 3.8) is 0 Å². The Hall–Kier alpha value is -0.560. The number of carbonyl (C=O) groups is 2. The van der Waals surface area contributed by atoms with E-state index in [9.17, 15) is 9.59 Å². The van der Waals surface area contributed by atoms with Crippen LogP contribution in [-0.4, -0.2) is 97.3 Å². The number of carbonyl (C=O) groups excluding carboxylic acids is 2. The Morgan fingerprint density at radius 1 is 0.619 bits per heavy atom. The summed E-state index contributed by atoms with van der Waals surface area (Å²) < 4.78 is 1.76. The molecule has 0 aromatic carbocycles. The van der Waals surface area contributed by atoms with Gasteiger partial charge in [-0.2, -0.15) is 0 Å². The van der Waals surface area contributed by atoms with Crippen LogP contribution in [0.25, 0.3) is 0 Å². The summed E-state index contributed by atoms with van der Waals surface area (Å²) in [6.07, 6.45) is 25.7. The molecule has 2 aliphatic heterocycles. The normalized spacial score (nSPS) is 17.7. The van der Waals surface area contributed by atoms with Crippen LogP contribution >= 0.6 is 0 Å². The third kappa shape index (κ3) is 16.5. The summed E-state index contributed by atoms with van der Waals surface area (Å²) in [5, 5.41) is 0. The van der Waals surface area contributed by atoms with Crippen LogP contribution < -0.4 is 24.8 Å². The van der Waals surface area contributed by atoms with Gasteiger partial charge in [0, 0.05) is 25.9 Å². The summed E-state index contributed by atoms with van der Waals surface area (Å²) in [7, 11) is 6.91. The molecule has 0 radical (unpaired) electrons. The Morgan fingerprint density at radius 3 is 1.38 bits per heavy atom. The van der Waals surface area contributed by atoms with E-state index in [2.05, 4.69) is 44.8 Å². The SMILES string of the molecule is CCCCCCCCCCCCCCCCCC[N+](C)(CN1CCCC1=O)C(C)C[N+](C)(C)CN1CCCC1=O.[Cl-].[Cl-]. The van der Waals surface area contributed by atoms with Crippen LogP contribution in [0.4, 0.5) is 0 Å². The van der Waals surface area contributed by atoms with Gasteiger partial charge in [-0.3, -0.25) is 19.4 Å². The molecule has 6 nitrogen and oxygen atoms in total. The van der Waals surface area contributed by atoms with Crippen LogP contribution in [0.15, 0.2) is 0 Å². The van der Waals surface area contributed by atoms with E-state index in [1.54, 1.807) is 0 Å². The Balaban J connectivity index is 0.00000840. The second-order valence-corrected chi connectivity index (χ2v) is 14.3. The Kier molecular flexibility index (Phi) is 22.6. The first-order chi connectivity index (χ1) is 19.2. The highest BCUT2D eigenvalue weighted by Crippen LogP contribution is 2.22. The fraction of sp³-hybridized carbons (Fsp3) is 0.941. The highest BCUT2D eigenvalue weighted by Gasteiger charge is 2.39. The topological polar surface area (TPSA) is 40.6 Å². The van der Waals surface area contributed by atoms with Gasteiger partial charge in [0.05, 0.1) is 27.7 Å². The minimum atomic E-state index is 0. The largest absolute Gasteiger partial charge is 1.00 e. The van der Waals surface area contributed by atoms with Gasteiger partial charge in [0.15, 0.2) is 13.3 Å². The van der Waals surface area contributed by atoms with Crippen molar-refractivity contribution in [2.45, 2.75) is 148 Å². The summed E-state index contributed by atoms with van der Waals surface area (Å²) in [6.45, 7) is 10.3. The zero-order valence-electron chi connectivity index (χ0n) is 28.3. The van der Waals surface area contributed by atoms with Gasteiger partial charge in [-0.1, -0.05) is 96.8 Å². The lowest BCUT2D eigenvalue weighted by Crippen LogP contribution is -3.00. The molecule has 2 heterocycles. The molecule has 0 aliphatic carbocycles.